The molecular formula is C24H25FN2O3S. The van der Waals surface area contributed by atoms with Gasteiger partial charge in [0.05, 0.1) is 10.9 Å². The molecule has 0 radical (unpaired) electrons. The molecule has 3 aromatic carbocycles. The van der Waals surface area contributed by atoms with Crippen LogP contribution in [-0.4, -0.2) is 26.3 Å². The van der Waals surface area contributed by atoms with E-state index in [1.54, 1.807) is 32.2 Å². The molecule has 0 saturated carbocycles. The summed E-state index contributed by atoms with van der Waals surface area (Å²) in [7, 11) is -2.15. The number of nitrogens with zero attached hydrogens (tertiary/aromatic N) is 1. The van der Waals surface area contributed by atoms with Crippen LogP contribution < -0.4 is 4.72 Å². The van der Waals surface area contributed by atoms with Crippen molar-refractivity contribution in [3.05, 3.63) is 101 Å². The minimum absolute atomic E-state index is 0.0280. The van der Waals surface area contributed by atoms with Crippen molar-refractivity contribution in [2.24, 2.45) is 0 Å². The first-order chi connectivity index (χ1) is 14.7. The summed E-state index contributed by atoms with van der Waals surface area (Å²) in [6, 6.07) is 19.4. The molecule has 0 fully saturated rings. The molecule has 0 bridgehead atoms. The number of halogens is 1. The number of hydrogen-bond acceptors (Lipinski definition) is 3. The fourth-order valence-corrected chi connectivity index (χ4v) is 4.23. The molecule has 0 spiro atoms. The van der Waals surface area contributed by atoms with Gasteiger partial charge >= 0.3 is 0 Å². The zero-order chi connectivity index (χ0) is 22.6. The molecule has 3 aromatic rings. The van der Waals surface area contributed by atoms with Gasteiger partial charge in [0, 0.05) is 19.2 Å². The van der Waals surface area contributed by atoms with Gasteiger partial charge in [-0.2, -0.15) is 0 Å². The van der Waals surface area contributed by atoms with Crippen LogP contribution in [0.15, 0.2) is 77.7 Å². The highest BCUT2D eigenvalue weighted by Crippen LogP contribution is 2.24. The fraction of sp³-hybridized carbons (Fsp3) is 0.208. The Morgan fingerprint density at radius 3 is 2.32 bits per heavy atom. The first-order valence-corrected chi connectivity index (χ1v) is 11.3. The van der Waals surface area contributed by atoms with Gasteiger partial charge in [-0.15, -0.1) is 0 Å². The number of carbonyl (C=O) groups is 1. The summed E-state index contributed by atoms with van der Waals surface area (Å²) in [4.78, 5) is 14.7. The van der Waals surface area contributed by atoms with Crippen molar-refractivity contribution in [2.45, 2.75) is 31.3 Å². The van der Waals surface area contributed by atoms with E-state index < -0.39 is 10.0 Å². The Kier molecular flexibility index (Phi) is 6.87. The fourth-order valence-electron chi connectivity index (χ4n) is 3.19. The Balaban J connectivity index is 1.82. The van der Waals surface area contributed by atoms with Gasteiger partial charge in [0.1, 0.15) is 5.82 Å². The van der Waals surface area contributed by atoms with E-state index in [9.17, 15) is 17.6 Å². The lowest BCUT2D eigenvalue weighted by atomic mass is 10.0. The van der Waals surface area contributed by atoms with E-state index in [1.807, 2.05) is 37.3 Å². The smallest absolute Gasteiger partial charge is 0.254 e. The largest absolute Gasteiger partial charge is 0.335 e. The standard InChI is InChI=1S/C24H25FN2O3S/c1-17-9-14-22(31(29,30)26-16-19-7-5-4-6-8-19)15-23(17)24(28)27(3)18(2)20-10-12-21(25)13-11-20/h4-15,18,26H,16H2,1-3H3. The summed E-state index contributed by atoms with van der Waals surface area (Å²) in [6.07, 6.45) is 0. The summed E-state index contributed by atoms with van der Waals surface area (Å²) in [5, 5.41) is 0. The van der Waals surface area contributed by atoms with E-state index in [-0.39, 0.29) is 29.2 Å². The molecule has 5 nitrogen and oxygen atoms in total. The van der Waals surface area contributed by atoms with Crippen LogP contribution in [0, 0.1) is 12.7 Å². The monoisotopic (exact) mass is 440 g/mol. The molecule has 1 amide bonds. The SMILES string of the molecule is Cc1ccc(S(=O)(=O)NCc2ccccc2)cc1C(=O)N(C)C(C)c1ccc(F)cc1. The van der Waals surface area contributed by atoms with Gasteiger partial charge < -0.3 is 4.90 Å². The number of sulfonamides is 1. The lowest BCUT2D eigenvalue weighted by molar-refractivity contribution is 0.0741. The van der Waals surface area contributed by atoms with Crippen LogP contribution in [0.5, 0.6) is 0 Å². The van der Waals surface area contributed by atoms with Crippen LogP contribution >= 0.6 is 0 Å². The van der Waals surface area contributed by atoms with Gasteiger partial charge in [-0.05, 0) is 54.8 Å². The summed E-state index contributed by atoms with van der Waals surface area (Å²) >= 11 is 0. The average Bonchev–Trinajstić information content (AvgIpc) is 2.77. The van der Waals surface area contributed by atoms with Gasteiger partial charge in [-0.1, -0.05) is 48.5 Å². The van der Waals surface area contributed by atoms with Crippen molar-refractivity contribution in [2.75, 3.05) is 7.05 Å². The van der Waals surface area contributed by atoms with E-state index in [1.165, 1.54) is 29.2 Å². The molecule has 1 unspecified atom stereocenters. The molecule has 0 aliphatic heterocycles. The zero-order valence-corrected chi connectivity index (χ0v) is 18.5. The van der Waals surface area contributed by atoms with Crippen molar-refractivity contribution in [1.82, 2.24) is 9.62 Å². The quantitative estimate of drug-likeness (QED) is 0.590. The Bertz CT molecular complexity index is 1160. The van der Waals surface area contributed by atoms with Crippen molar-refractivity contribution < 1.29 is 17.6 Å². The lowest BCUT2D eigenvalue weighted by Gasteiger charge is -2.26. The van der Waals surface area contributed by atoms with Gasteiger partial charge in [-0.3, -0.25) is 4.79 Å². The first kappa shape index (κ1) is 22.7. The average molecular weight is 441 g/mol. The Morgan fingerprint density at radius 1 is 1.03 bits per heavy atom. The summed E-state index contributed by atoms with van der Waals surface area (Å²) < 4.78 is 41.3. The number of aryl methyl sites for hydroxylation is 1. The Morgan fingerprint density at radius 2 is 1.68 bits per heavy atom. The van der Waals surface area contributed by atoms with Crippen LogP contribution in [0.25, 0.3) is 0 Å². The molecule has 3 rings (SSSR count). The summed E-state index contributed by atoms with van der Waals surface area (Å²) in [5.41, 5.74) is 2.59. The lowest BCUT2D eigenvalue weighted by Crippen LogP contribution is -2.30. The molecule has 0 aliphatic rings. The number of rotatable bonds is 7. The van der Waals surface area contributed by atoms with Crippen molar-refractivity contribution >= 4 is 15.9 Å². The van der Waals surface area contributed by atoms with Gasteiger partial charge in [0.2, 0.25) is 10.0 Å². The maximum atomic E-state index is 13.2. The summed E-state index contributed by atoms with van der Waals surface area (Å²) in [5.74, 6) is -0.656. The second-order valence-electron chi connectivity index (χ2n) is 7.43. The van der Waals surface area contributed by atoms with E-state index in [0.29, 0.717) is 11.1 Å². The Hall–Kier alpha value is -3.03. The number of amides is 1. The van der Waals surface area contributed by atoms with E-state index in [4.69, 9.17) is 0 Å². The van der Waals surface area contributed by atoms with Crippen LogP contribution in [0.2, 0.25) is 0 Å². The van der Waals surface area contributed by atoms with Gasteiger partial charge in [0.15, 0.2) is 0 Å². The molecular weight excluding hydrogens is 415 g/mol. The van der Waals surface area contributed by atoms with Crippen LogP contribution in [0.4, 0.5) is 4.39 Å². The minimum atomic E-state index is -3.80. The minimum Gasteiger partial charge on any atom is -0.335 e. The number of nitrogens with one attached hydrogen (secondary N) is 1. The molecule has 0 aromatic heterocycles. The second-order valence-corrected chi connectivity index (χ2v) is 9.20. The van der Waals surface area contributed by atoms with Crippen molar-refractivity contribution in [3.63, 3.8) is 0 Å². The predicted molar refractivity (Wildman–Crippen MR) is 119 cm³/mol. The third-order valence-corrected chi connectivity index (χ3v) is 6.71. The van der Waals surface area contributed by atoms with Crippen molar-refractivity contribution in [1.29, 1.82) is 0 Å². The predicted octanol–water partition coefficient (Wildman–Crippen LogP) is 4.45. The maximum Gasteiger partial charge on any atom is 0.254 e. The summed E-state index contributed by atoms with van der Waals surface area (Å²) in [6.45, 7) is 3.75. The zero-order valence-electron chi connectivity index (χ0n) is 17.7. The molecule has 1 atom stereocenters. The molecule has 0 aliphatic carbocycles. The van der Waals surface area contributed by atoms with Crippen molar-refractivity contribution in [3.8, 4) is 0 Å². The first-order valence-electron chi connectivity index (χ1n) is 9.86. The van der Waals surface area contributed by atoms with Crippen LogP contribution in [-0.2, 0) is 16.6 Å². The van der Waals surface area contributed by atoms with Crippen LogP contribution in [0.1, 0.15) is 40.0 Å². The molecule has 7 heteroatoms. The highest BCUT2D eigenvalue weighted by Gasteiger charge is 2.23. The van der Waals surface area contributed by atoms with Gasteiger partial charge in [0.25, 0.3) is 5.91 Å². The third-order valence-electron chi connectivity index (χ3n) is 5.31. The molecule has 1 N–H and O–H groups in total. The number of hydrogen-bond donors (Lipinski definition) is 1. The third kappa shape index (κ3) is 5.37. The molecule has 0 saturated heterocycles. The molecule has 0 heterocycles. The second kappa shape index (κ2) is 9.41. The Labute approximate surface area is 182 Å². The van der Waals surface area contributed by atoms with E-state index >= 15 is 0 Å². The van der Waals surface area contributed by atoms with E-state index in [2.05, 4.69) is 4.72 Å². The molecule has 31 heavy (non-hydrogen) atoms. The van der Waals surface area contributed by atoms with Crippen LogP contribution in [0.3, 0.4) is 0 Å². The maximum absolute atomic E-state index is 13.2. The topological polar surface area (TPSA) is 66.5 Å². The normalized spacial score (nSPS) is 12.4. The van der Waals surface area contributed by atoms with E-state index in [0.717, 1.165) is 11.1 Å². The highest BCUT2D eigenvalue weighted by molar-refractivity contribution is 7.89. The van der Waals surface area contributed by atoms with Gasteiger partial charge in [-0.25, -0.2) is 17.5 Å². The molecule has 162 valence electrons. The number of carbonyl (C=O) groups excluding carboxylic acids is 1. The number of benzene rings is 3. The highest BCUT2D eigenvalue weighted by atomic mass is 32.2.